The first-order valence-electron chi connectivity index (χ1n) is 6.37. The van der Waals surface area contributed by atoms with Crippen LogP contribution in [-0.4, -0.2) is 16.2 Å². The van der Waals surface area contributed by atoms with E-state index in [0.29, 0.717) is 11.6 Å². The highest BCUT2D eigenvalue weighted by atomic mass is 32.2. The standard InChI is InChI=1S/C16H15N3S/c1-10-6-5-8-12-14(10)18-16(19-15(12)17)11-7-3-4-9-13(11)20-2/h3-9H,1-2H3,(H2,17,18,19). The molecular weight excluding hydrogens is 266 g/mol. The molecule has 0 fully saturated rings. The highest BCUT2D eigenvalue weighted by Gasteiger charge is 2.11. The number of anilines is 1. The summed E-state index contributed by atoms with van der Waals surface area (Å²) in [5.74, 6) is 1.22. The average molecular weight is 281 g/mol. The quantitative estimate of drug-likeness (QED) is 0.724. The Morgan fingerprint density at radius 2 is 1.80 bits per heavy atom. The minimum atomic E-state index is 0.532. The van der Waals surface area contributed by atoms with Crippen molar-refractivity contribution in [2.45, 2.75) is 11.8 Å². The number of aromatic nitrogens is 2. The van der Waals surface area contributed by atoms with Crippen molar-refractivity contribution in [1.82, 2.24) is 9.97 Å². The number of para-hydroxylation sites is 1. The minimum absolute atomic E-state index is 0.532. The van der Waals surface area contributed by atoms with Crippen LogP contribution in [0.3, 0.4) is 0 Å². The van der Waals surface area contributed by atoms with Gasteiger partial charge < -0.3 is 5.73 Å². The Balaban J connectivity index is 2.30. The second-order valence-electron chi connectivity index (χ2n) is 4.60. The zero-order valence-corrected chi connectivity index (χ0v) is 12.2. The summed E-state index contributed by atoms with van der Waals surface area (Å²) in [5.41, 5.74) is 9.15. The highest BCUT2D eigenvalue weighted by Crippen LogP contribution is 2.30. The van der Waals surface area contributed by atoms with Crippen molar-refractivity contribution in [3.05, 3.63) is 48.0 Å². The van der Waals surface area contributed by atoms with Crippen LogP contribution in [0.1, 0.15) is 5.56 Å². The van der Waals surface area contributed by atoms with Crippen LogP contribution in [0.2, 0.25) is 0 Å². The molecular formula is C16H15N3S. The molecule has 20 heavy (non-hydrogen) atoms. The fraction of sp³-hybridized carbons (Fsp3) is 0.125. The fourth-order valence-electron chi connectivity index (χ4n) is 2.27. The predicted molar refractivity (Wildman–Crippen MR) is 85.9 cm³/mol. The van der Waals surface area contributed by atoms with E-state index in [0.717, 1.165) is 26.9 Å². The van der Waals surface area contributed by atoms with Gasteiger partial charge in [0, 0.05) is 15.8 Å². The lowest BCUT2D eigenvalue weighted by molar-refractivity contribution is 1.20. The second-order valence-corrected chi connectivity index (χ2v) is 5.45. The zero-order chi connectivity index (χ0) is 14.1. The maximum absolute atomic E-state index is 6.10. The fourth-order valence-corrected chi connectivity index (χ4v) is 2.86. The summed E-state index contributed by atoms with van der Waals surface area (Å²) in [7, 11) is 0. The molecule has 2 N–H and O–H groups in total. The van der Waals surface area contributed by atoms with E-state index in [-0.39, 0.29) is 0 Å². The summed E-state index contributed by atoms with van der Waals surface area (Å²) in [4.78, 5) is 10.3. The third-order valence-corrected chi connectivity index (χ3v) is 4.10. The van der Waals surface area contributed by atoms with Gasteiger partial charge in [-0.1, -0.05) is 30.3 Å². The van der Waals surface area contributed by atoms with E-state index < -0.39 is 0 Å². The molecule has 1 aromatic heterocycles. The number of thioether (sulfide) groups is 1. The van der Waals surface area contributed by atoms with Crippen LogP contribution in [0, 0.1) is 6.92 Å². The first-order valence-corrected chi connectivity index (χ1v) is 7.59. The molecule has 0 aliphatic heterocycles. The van der Waals surface area contributed by atoms with Crippen LogP contribution in [0.25, 0.3) is 22.3 Å². The van der Waals surface area contributed by atoms with Crippen LogP contribution in [-0.2, 0) is 0 Å². The SMILES string of the molecule is CSc1ccccc1-c1nc(N)c2cccc(C)c2n1. The van der Waals surface area contributed by atoms with Crippen LogP contribution >= 0.6 is 11.8 Å². The maximum atomic E-state index is 6.10. The third kappa shape index (κ3) is 2.12. The summed E-state index contributed by atoms with van der Waals surface area (Å²) in [6, 6.07) is 14.1. The molecule has 0 amide bonds. The molecule has 3 aromatic rings. The monoisotopic (exact) mass is 281 g/mol. The highest BCUT2D eigenvalue weighted by molar-refractivity contribution is 7.98. The molecule has 3 rings (SSSR count). The molecule has 0 bridgehead atoms. The van der Waals surface area contributed by atoms with Gasteiger partial charge in [0.1, 0.15) is 5.82 Å². The number of rotatable bonds is 2. The summed E-state index contributed by atoms with van der Waals surface area (Å²) < 4.78 is 0. The van der Waals surface area contributed by atoms with E-state index in [1.165, 1.54) is 0 Å². The number of fused-ring (bicyclic) bond motifs is 1. The van der Waals surface area contributed by atoms with Crippen molar-refractivity contribution in [1.29, 1.82) is 0 Å². The molecule has 0 spiro atoms. The third-order valence-electron chi connectivity index (χ3n) is 3.31. The lowest BCUT2D eigenvalue weighted by atomic mass is 10.1. The number of nitrogens with two attached hydrogens (primary N) is 1. The average Bonchev–Trinajstić information content (AvgIpc) is 2.48. The molecule has 0 aliphatic carbocycles. The molecule has 0 atom stereocenters. The molecule has 100 valence electrons. The van der Waals surface area contributed by atoms with Gasteiger partial charge in [0.25, 0.3) is 0 Å². The molecule has 3 nitrogen and oxygen atoms in total. The van der Waals surface area contributed by atoms with E-state index in [1.54, 1.807) is 11.8 Å². The summed E-state index contributed by atoms with van der Waals surface area (Å²) in [5, 5.41) is 0.912. The van der Waals surface area contributed by atoms with Crippen LogP contribution < -0.4 is 5.73 Å². The van der Waals surface area contributed by atoms with Crippen molar-refractivity contribution < 1.29 is 0 Å². The minimum Gasteiger partial charge on any atom is -0.383 e. The number of nitrogen functional groups attached to an aromatic ring is 1. The van der Waals surface area contributed by atoms with Crippen molar-refractivity contribution in [2.24, 2.45) is 0 Å². The first-order chi connectivity index (χ1) is 9.70. The molecule has 2 aromatic carbocycles. The number of aryl methyl sites for hydroxylation is 1. The van der Waals surface area contributed by atoms with E-state index in [2.05, 4.69) is 17.3 Å². The van der Waals surface area contributed by atoms with Gasteiger partial charge in [-0.3, -0.25) is 0 Å². The van der Waals surface area contributed by atoms with Crippen molar-refractivity contribution >= 4 is 28.5 Å². The smallest absolute Gasteiger partial charge is 0.163 e. The van der Waals surface area contributed by atoms with Crippen LogP contribution in [0.15, 0.2) is 47.4 Å². The summed E-state index contributed by atoms with van der Waals surface area (Å²) in [6.07, 6.45) is 2.05. The Morgan fingerprint density at radius 1 is 1.00 bits per heavy atom. The van der Waals surface area contributed by atoms with Gasteiger partial charge in [-0.25, -0.2) is 9.97 Å². The Morgan fingerprint density at radius 3 is 2.60 bits per heavy atom. The van der Waals surface area contributed by atoms with E-state index in [4.69, 9.17) is 10.7 Å². The van der Waals surface area contributed by atoms with Gasteiger partial charge in [0.2, 0.25) is 0 Å². The van der Waals surface area contributed by atoms with E-state index in [1.807, 2.05) is 43.3 Å². The molecule has 4 heteroatoms. The molecule has 0 saturated heterocycles. The second kappa shape index (κ2) is 5.13. The lowest BCUT2D eigenvalue weighted by Gasteiger charge is -2.09. The zero-order valence-electron chi connectivity index (χ0n) is 11.4. The number of benzene rings is 2. The van der Waals surface area contributed by atoms with Crippen molar-refractivity contribution in [3.63, 3.8) is 0 Å². The number of hydrogen-bond acceptors (Lipinski definition) is 4. The Bertz CT molecular complexity index is 784. The van der Waals surface area contributed by atoms with Gasteiger partial charge in [-0.05, 0) is 30.9 Å². The lowest BCUT2D eigenvalue weighted by Crippen LogP contribution is -1.99. The number of hydrogen-bond donors (Lipinski definition) is 1. The van der Waals surface area contributed by atoms with Crippen LogP contribution in [0.4, 0.5) is 5.82 Å². The van der Waals surface area contributed by atoms with Gasteiger partial charge in [-0.15, -0.1) is 11.8 Å². The molecule has 1 heterocycles. The molecule has 0 unspecified atom stereocenters. The largest absolute Gasteiger partial charge is 0.383 e. The van der Waals surface area contributed by atoms with Gasteiger partial charge >= 0.3 is 0 Å². The van der Waals surface area contributed by atoms with Gasteiger partial charge in [0.15, 0.2) is 5.82 Å². The van der Waals surface area contributed by atoms with Gasteiger partial charge in [0.05, 0.1) is 5.52 Å². The predicted octanol–water partition coefficient (Wildman–Crippen LogP) is 3.91. The van der Waals surface area contributed by atoms with Crippen molar-refractivity contribution in [3.8, 4) is 11.4 Å². The normalized spacial score (nSPS) is 10.9. The summed E-state index contributed by atoms with van der Waals surface area (Å²) in [6.45, 7) is 2.04. The van der Waals surface area contributed by atoms with Gasteiger partial charge in [-0.2, -0.15) is 0 Å². The topological polar surface area (TPSA) is 51.8 Å². The Labute approximate surface area is 122 Å². The Hall–Kier alpha value is -2.07. The van der Waals surface area contributed by atoms with E-state index in [9.17, 15) is 0 Å². The molecule has 0 aliphatic rings. The van der Waals surface area contributed by atoms with Crippen molar-refractivity contribution in [2.75, 3.05) is 12.0 Å². The number of nitrogens with zero attached hydrogens (tertiary/aromatic N) is 2. The van der Waals surface area contributed by atoms with Crippen LogP contribution in [0.5, 0.6) is 0 Å². The first kappa shape index (κ1) is 12.9. The maximum Gasteiger partial charge on any atom is 0.163 e. The summed E-state index contributed by atoms with van der Waals surface area (Å²) >= 11 is 1.68. The molecule has 0 radical (unpaired) electrons. The van der Waals surface area contributed by atoms with E-state index >= 15 is 0 Å². The molecule has 0 saturated carbocycles. The Kier molecular flexibility index (Phi) is 3.32.